The zero-order chi connectivity index (χ0) is 26.7. The maximum atomic E-state index is 13.5. The molecule has 0 saturated carbocycles. The Balaban J connectivity index is 1.15. The summed E-state index contributed by atoms with van der Waals surface area (Å²) in [6.07, 6.45) is 3.05. The fourth-order valence-electron chi connectivity index (χ4n) is 5.10. The number of halogens is 2. The van der Waals surface area contributed by atoms with Gasteiger partial charge in [0.1, 0.15) is 11.6 Å². The van der Waals surface area contributed by atoms with Crippen molar-refractivity contribution in [3.05, 3.63) is 107 Å². The molecule has 1 saturated heterocycles. The average Bonchev–Trinajstić information content (AvgIpc) is 2.94. The number of nitrogens with one attached hydrogen (secondary N) is 1. The Bertz CT molecular complexity index is 1080. The summed E-state index contributed by atoms with van der Waals surface area (Å²) in [6, 6.07) is 21.7. The third-order valence-electron chi connectivity index (χ3n) is 7.46. The Morgan fingerprint density at radius 2 is 1.39 bits per heavy atom. The van der Waals surface area contributed by atoms with Crippen LogP contribution in [0.25, 0.3) is 0 Å². The zero-order valence-electron chi connectivity index (χ0n) is 22.3. The van der Waals surface area contributed by atoms with Gasteiger partial charge >= 0.3 is 0 Å². The van der Waals surface area contributed by atoms with Crippen LogP contribution < -0.4 is 5.32 Å². The molecular weight excluding hydrogens is 480 g/mol. The zero-order valence-corrected chi connectivity index (χ0v) is 22.3. The molecule has 1 aliphatic rings. The highest BCUT2D eigenvalue weighted by molar-refractivity contribution is 5.76. The molecule has 0 unspecified atom stereocenters. The van der Waals surface area contributed by atoms with Crippen LogP contribution in [0.5, 0.6) is 0 Å². The first-order chi connectivity index (χ1) is 18.5. The Morgan fingerprint density at radius 3 is 1.97 bits per heavy atom. The van der Waals surface area contributed by atoms with E-state index in [0.717, 1.165) is 76.2 Å². The predicted molar refractivity (Wildman–Crippen MR) is 149 cm³/mol. The van der Waals surface area contributed by atoms with Gasteiger partial charge in [-0.1, -0.05) is 60.5 Å². The minimum atomic E-state index is -0.268. The van der Waals surface area contributed by atoms with E-state index >= 15 is 0 Å². The highest BCUT2D eigenvalue weighted by Gasteiger charge is 2.21. The van der Waals surface area contributed by atoms with Gasteiger partial charge in [0.15, 0.2) is 0 Å². The summed E-state index contributed by atoms with van der Waals surface area (Å²) in [6.45, 7) is 8.29. The van der Waals surface area contributed by atoms with Crippen LogP contribution in [0.3, 0.4) is 0 Å². The fraction of sp³-hybridized carbons (Fsp3) is 0.406. The molecule has 1 N–H and O–H groups in total. The first-order valence-electron chi connectivity index (χ1n) is 13.8. The van der Waals surface area contributed by atoms with Gasteiger partial charge in [-0.15, -0.1) is 0 Å². The van der Waals surface area contributed by atoms with Crippen molar-refractivity contribution in [2.75, 3.05) is 39.3 Å². The molecule has 0 aliphatic carbocycles. The number of rotatable bonds is 12. The maximum absolute atomic E-state index is 13.5. The van der Waals surface area contributed by atoms with Crippen molar-refractivity contribution in [3.63, 3.8) is 0 Å². The Labute approximate surface area is 225 Å². The van der Waals surface area contributed by atoms with E-state index in [1.165, 1.54) is 35.4 Å². The first-order valence-corrected chi connectivity index (χ1v) is 13.8. The third kappa shape index (κ3) is 8.47. The second kappa shape index (κ2) is 14.2. The normalized spacial score (nSPS) is 14.3. The third-order valence-corrected chi connectivity index (χ3v) is 7.46. The number of hydrogen-bond donors (Lipinski definition) is 1. The van der Waals surface area contributed by atoms with Gasteiger partial charge < -0.3 is 10.2 Å². The number of amides is 1. The topological polar surface area (TPSA) is 35.6 Å². The number of nitrogens with zero attached hydrogens (tertiary/aromatic N) is 2. The van der Waals surface area contributed by atoms with Crippen LogP contribution in [0.1, 0.15) is 53.9 Å². The van der Waals surface area contributed by atoms with Gasteiger partial charge in [0.05, 0.1) is 0 Å². The Hall–Kier alpha value is -3.09. The molecule has 1 fully saturated rings. The molecular formula is C32H39F2N3O. The van der Waals surface area contributed by atoms with Crippen LogP contribution in [-0.2, 0) is 11.3 Å². The summed E-state index contributed by atoms with van der Waals surface area (Å²) in [7, 11) is 0. The van der Waals surface area contributed by atoms with E-state index in [2.05, 4.69) is 41.4 Å². The van der Waals surface area contributed by atoms with Crippen molar-refractivity contribution in [1.29, 1.82) is 0 Å². The van der Waals surface area contributed by atoms with E-state index in [1.807, 2.05) is 4.90 Å². The second-order valence-corrected chi connectivity index (χ2v) is 10.3. The summed E-state index contributed by atoms with van der Waals surface area (Å²) >= 11 is 0. The molecule has 3 aromatic rings. The molecule has 0 radical (unpaired) electrons. The largest absolute Gasteiger partial charge is 0.340 e. The second-order valence-electron chi connectivity index (χ2n) is 10.3. The molecule has 6 heteroatoms. The Kier molecular flexibility index (Phi) is 10.4. The van der Waals surface area contributed by atoms with Crippen molar-refractivity contribution in [2.24, 2.45) is 0 Å². The number of aryl methyl sites for hydroxylation is 1. The average molecular weight is 520 g/mol. The van der Waals surface area contributed by atoms with Crippen molar-refractivity contribution >= 4 is 5.91 Å². The van der Waals surface area contributed by atoms with Crippen molar-refractivity contribution in [3.8, 4) is 0 Å². The highest BCUT2D eigenvalue weighted by atomic mass is 19.1. The molecule has 0 atom stereocenters. The number of carbonyl (C=O) groups is 1. The van der Waals surface area contributed by atoms with Gasteiger partial charge in [0, 0.05) is 58.2 Å². The van der Waals surface area contributed by atoms with E-state index in [4.69, 9.17) is 0 Å². The fourth-order valence-corrected chi connectivity index (χ4v) is 5.10. The lowest BCUT2D eigenvalue weighted by molar-refractivity contribution is -0.133. The lowest BCUT2D eigenvalue weighted by Crippen LogP contribution is -2.49. The first kappa shape index (κ1) is 27.9. The number of piperazine rings is 1. The molecule has 3 aromatic carbocycles. The van der Waals surface area contributed by atoms with Gasteiger partial charge in [-0.2, -0.15) is 0 Å². The molecule has 4 rings (SSSR count). The quantitative estimate of drug-likeness (QED) is 0.303. The number of carbonyl (C=O) groups excluding carboxylic acids is 1. The van der Waals surface area contributed by atoms with Crippen molar-refractivity contribution < 1.29 is 13.6 Å². The van der Waals surface area contributed by atoms with Crippen LogP contribution >= 0.6 is 0 Å². The van der Waals surface area contributed by atoms with E-state index in [0.29, 0.717) is 6.42 Å². The molecule has 1 amide bonds. The SMILES string of the molecule is Cc1ccc(CNCCN2CCN(C(=O)CCCCC(c3ccc(F)cc3)c3ccc(F)cc3)CC2)cc1. The maximum Gasteiger partial charge on any atom is 0.222 e. The van der Waals surface area contributed by atoms with Crippen molar-refractivity contribution in [2.45, 2.75) is 45.1 Å². The number of hydrogen-bond acceptors (Lipinski definition) is 3. The summed E-state index contributed by atoms with van der Waals surface area (Å²) in [5.74, 6) is -0.261. The van der Waals surface area contributed by atoms with E-state index in [1.54, 1.807) is 24.3 Å². The van der Waals surface area contributed by atoms with Crippen LogP contribution in [0.15, 0.2) is 72.8 Å². The van der Waals surface area contributed by atoms with Gasteiger partial charge in [-0.25, -0.2) is 8.78 Å². The van der Waals surface area contributed by atoms with Gasteiger partial charge in [0.2, 0.25) is 5.91 Å². The molecule has 202 valence electrons. The lowest BCUT2D eigenvalue weighted by atomic mass is 9.87. The van der Waals surface area contributed by atoms with E-state index < -0.39 is 0 Å². The lowest BCUT2D eigenvalue weighted by Gasteiger charge is -2.35. The molecule has 0 bridgehead atoms. The van der Waals surface area contributed by atoms with Crippen LogP contribution in [0, 0.1) is 18.6 Å². The summed E-state index contributed by atoms with van der Waals surface area (Å²) in [5, 5.41) is 3.52. The smallest absolute Gasteiger partial charge is 0.222 e. The van der Waals surface area contributed by atoms with Crippen molar-refractivity contribution in [1.82, 2.24) is 15.1 Å². The van der Waals surface area contributed by atoms with Gasteiger partial charge in [-0.05, 0) is 60.7 Å². The van der Waals surface area contributed by atoms with E-state index in [9.17, 15) is 13.6 Å². The minimum Gasteiger partial charge on any atom is -0.340 e. The van der Waals surface area contributed by atoms with Gasteiger partial charge in [0.25, 0.3) is 0 Å². The van der Waals surface area contributed by atoms with Crippen LogP contribution in [0.2, 0.25) is 0 Å². The number of unbranched alkanes of at least 4 members (excludes halogenated alkanes) is 1. The van der Waals surface area contributed by atoms with Gasteiger partial charge in [-0.3, -0.25) is 9.69 Å². The van der Waals surface area contributed by atoms with Crippen LogP contribution in [-0.4, -0.2) is 55.0 Å². The molecule has 0 spiro atoms. The summed E-state index contributed by atoms with van der Waals surface area (Å²) < 4.78 is 26.9. The number of benzene rings is 3. The molecule has 4 nitrogen and oxygen atoms in total. The predicted octanol–water partition coefficient (Wildman–Crippen LogP) is 5.90. The standard InChI is InChI=1S/C32H39F2N3O/c1-25-6-8-26(9-7-25)24-35-18-19-36-20-22-37(23-21-36)32(38)5-3-2-4-31(27-10-14-29(33)15-11-27)28-12-16-30(34)17-13-28/h6-17,31,35H,2-5,18-24H2,1H3. The minimum absolute atomic E-state index is 0.0504. The summed E-state index contributed by atoms with van der Waals surface area (Å²) in [4.78, 5) is 17.2. The van der Waals surface area contributed by atoms with Crippen LogP contribution in [0.4, 0.5) is 8.78 Å². The molecule has 0 aromatic heterocycles. The molecule has 1 aliphatic heterocycles. The monoisotopic (exact) mass is 519 g/mol. The van der Waals surface area contributed by atoms with E-state index in [-0.39, 0.29) is 23.5 Å². The Morgan fingerprint density at radius 1 is 0.816 bits per heavy atom. The summed E-state index contributed by atoms with van der Waals surface area (Å²) in [5.41, 5.74) is 4.59. The molecule has 1 heterocycles. The highest BCUT2D eigenvalue weighted by Crippen LogP contribution is 2.30. The molecule has 38 heavy (non-hydrogen) atoms.